The fourth-order valence-electron chi connectivity index (χ4n) is 1.83. The Hall–Kier alpha value is -1.45. The maximum Gasteiger partial charge on any atom is 0.141 e. The summed E-state index contributed by atoms with van der Waals surface area (Å²) in [5, 5.41) is 10.3. The third-order valence-electron chi connectivity index (χ3n) is 2.99. The van der Waals surface area contributed by atoms with Gasteiger partial charge in [0.1, 0.15) is 5.82 Å². The fourth-order valence-corrected chi connectivity index (χ4v) is 2.02. The summed E-state index contributed by atoms with van der Waals surface area (Å²) in [6.45, 7) is 1.90. The zero-order chi connectivity index (χ0) is 13.1. The molecule has 4 heteroatoms. The zero-order valence-electron chi connectivity index (χ0n) is 9.85. The van der Waals surface area contributed by atoms with Crippen molar-refractivity contribution in [3.8, 4) is 0 Å². The van der Waals surface area contributed by atoms with Gasteiger partial charge in [-0.25, -0.2) is 4.39 Å². The van der Waals surface area contributed by atoms with Crippen molar-refractivity contribution in [2.24, 2.45) is 0 Å². The monoisotopic (exact) mass is 265 g/mol. The van der Waals surface area contributed by atoms with E-state index in [1.54, 1.807) is 18.5 Å². The van der Waals surface area contributed by atoms with Gasteiger partial charge in [0.05, 0.1) is 11.1 Å². The summed E-state index contributed by atoms with van der Waals surface area (Å²) in [5.74, 6) is -0.598. The highest BCUT2D eigenvalue weighted by Gasteiger charge is 2.19. The smallest absolute Gasteiger partial charge is 0.141 e. The molecule has 0 radical (unpaired) electrons. The van der Waals surface area contributed by atoms with Gasteiger partial charge in [0.25, 0.3) is 0 Å². The van der Waals surface area contributed by atoms with Crippen molar-refractivity contribution in [1.82, 2.24) is 4.98 Å². The molecule has 0 aliphatic rings. The van der Waals surface area contributed by atoms with Crippen molar-refractivity contribution < 1.29 is 9.50 Å². The van der Waals surface area contributed by atoms with E-state index in [0.29, 0.717) is 5.56 Å². The lowest BCUT2D eigenvalue weighted by Crippen LogP contribution is -2.08. The van der Waals surface area contributed by atoms with Gasteiger partial charge < -0.3 is 5.11 Å². The number of aliphatic hydroxyl groups excluding tert-OH is 1. The van der Waals surface area contributed by atoms with Crippen molar-refractivity contribution in [3.05, 3.63) is 64.7 Å². The van der Waals surface area contributed by atoms with Crippen molar-refractivity contribution in [2.45, 2.75) is 18.9 Å². The zero-order valence-corrected chi connectivity index (χ0v) is 10.6. The number of rotatable bonds is 3. The first kappa shape index (κ1) is 13.0. The van der Waals surface area contributed by atoms with E-state index in [9.17, 15) is 9.50 Å². The first-order valence-electron chi connectivity index (χ1n) is 5.62. The average molecular weight is 266 g/mol. The molecule has 0 aliphatic heterocycles. The Morgan fingerprint density at radius 2 is 1.83 bits per heavy atom. The van der Waals surface area contributed by atoms with E-state index in [-0.39, 0.29) is 10.9 Å². The van der Waals surface area contributed by atoms with Gasteiger partial charge in [0.15, 0.2) is 0 Å². The van der Waals surface area contributed by atoms with Gasteiger partial charge in [0, 0.05) is 18.3 Å². The van der Waals surface area contributed by atoms with Crippen molar-refractivity contribution in [3.63, 3.8) is 0 Å². The molecule has 18 heavy (non-hydrogen) atoms. The Kier molecular flexibility index (Phi) is 3.94. The SMILES string of the molecule is CC(c1ccncc1)C(O)c1ccc(F)c(Cl)c1. The summed E-state index contributed by atoms with van der Waals surface area (Å²) in [6.07, 6.45) is 2.62. The van der Waals surface area contributed by atoms with Crippen LogP contribution in [0.15, 0.2) is 42.7 Å². The van der Waals surface area contributed by atoms with Crippen LogP contribution in [0.1, 0.15) is 30.1 Å². The highest BCUT2D eigenvalue weighted by atomic mass is 35.5. The second kappa shape index (κ2) is 5.46. The maximum absolute atomic E-state index is 13.1. The maximum atomic E-state index is 13.1. The predicted molar refractivity (Wildman–Crippen MR) is 69.0 cm³/mol. The number of aromatic nitrogens is 1. The molecule has 1 heterocycles. The van der Waals surface area contributed by atoms with Crippen molar-refractivity contribution >= 4 is 11.6 Å². The molecule has 2 unspecified atom stereocenters. The van der Waals surface area contributed by atoms with Crippen molar-refractivity contribution in [1.29, 1.82) is 0 Å². The lowest BCUT2D eigenvalue weighted by Gasteiger charge is -2.19. The second-order valence-corrected chi connectivity index (χ2v) is 4.59. The van der Waals surface area contributed by atoms with Gasteiger partial charge in [-0.3, -0.25) is 4.98 Å². The molecule has 0 spiro atoms. The molecule has 2 aromatic rings. The number of hydrogen-bond donors (Lipinski definition) is 1. The molecule has 0 amide bonds. The molecular formula is C14H13ClFNO. The van der Waals surface area contributed by atoms with E-state index in [2.05, 4.69) is 4.98 Å². The van der Waals surface area contributed by atoms with Crippen LogP contribution in [0, 0.1) is 5.82 Å². The number of nitrogens with zero attached hydrogens (tertiary/aromatic N) is 1. The minimum Gasteiger partial charge on any atom is -0.388 e. The van der Waals surface area contributed by atoms with E-state index >= 15 is 0 Å². The largest absolute Gasteiger partial charge is 0.388 e. The van der Waals surface area contributed by atoms with Crippen LogP contribution < -0.4 is 0 Å². The number of hydrogen-bond acceptors (Lipinski definition) is 2. The van der Waals surface area contributed by atoms with Crippen LogP contribution in [0.5, 0.6) is 0 Å². The first-order valence-corrected chi connectivity index (χ1v) is 6.00. The topological polar surface area (TPSA) is 33.1 Å². The van der Waals surface area contributed by atoms with E-state index in [1.165, 1.54) is 12.1 Å². The van der Waals surface area contributed by atoms with Crippen molar-refractivity contribution in [2.75, 3.05) is 0 Å². The van der Waals surface area contributed by atoms with Crippen LogP contribution in [-0.2, 0) is 0 Å². The third kappa shape index (κ3) is 2.68. The van der Waals surface area contributed by atoms with E-state index in [4.69, 9.17) is 11.6 Å². The molecule has 0 fully saturated rings. The van der Waals surface area contributed by atoms with Gasteiger partial charge in [0.2, 0.25) is 0 Å². The molecule has 2 rings (SSSR count). The lowest BCUT2D eigenvalue weighted by molar-refractivity contribution is 0.151. The average Bonchev–Trinajstić information content (AvgIpc) is 2.41. The highest BCUT2D eigenvalue weighted by Crippen LogP contribution is 2.31. The van der Waals surface area contributed by atoms with Crippen LogP contribution in [0.4, 0.5) is 4.39 Å². The second-order valence-electron chi connectivity index (χ2n) is 4.19. The minimum absolute atomic E-state index is 0.0217. The van der Waals surface area contributed by atoms with Gasteiger partial charge in [-0.2, -0.15) is 0 Å². The van der Waals surface area contributed by atoms with Crippen LogP contribution in [-0.4, -0.2) is 10.1 Å². The van der Waals surface area contributed by atoms with Crippen LogP contribution in [0.2, 0.25) is 5.02 Å². The Morgan fingerprint density at radius 1 is 1.17 bits per heavy atom. The molecule has 2 nitrogen and oxygen atoms in total. The predicted octanol–water partition coefficient (Wildman–Crippen LogP) is 3.71. The lowest BCUT2D eigenvalue weighted by atomic mass is 9.91. The summed E-state index contributed by atoms with van der Waals surface area (Å²) in [7, 11) is 0. The molecular weight excluding hydrogens is 253 g/mol. The molecule has 2 atom stereocenters. The molecule has 94 valence electrons. The Morgan fingerprint density at radius 3 is 2.44 bits per heavy atom. The highest BCUT2D eigenvalue weighted by molar-refractivity contribution is 6.30. The summed E-state index contributed by atoms with van der Waals surface area (Å²) < 4.78 is 13.1. The quantitative estimate of drug-likeness (QED) is 0.918. The standard InChI is InChI=1S/C14H13ClFNO/c1-9(10-4-6-17-7-5-10)14(18)11-2-3-13(16)12(15)8-11/h2-9,14,18H,1H3. The van der Waals surface area contributed by atoms with Crippen LogP contribution in [0.3, 0.4) is 0 Å². The summed E-state index contributed by atoms with van der Waals surface area (Å²) in [5.41, 5.74) is 1.57. The van der Waals surface area contributed by atoms with E-state index in [0.717, 1.165) is 5.56 Å². The number of halogens is 2. The molecule has 0 saturated carbocycles. The molecule has 0 aliphatic carbocycles. The van der Waals surface area contributed by atoms with Gasteiger partial charge in [-0.15, -0.1) is 0 Å². The molecule has 1 aromatic heterocycles. The van der Waals surface area contributed by atoms with Gasteiger partial charge in [-0.1, -0.05) is 24.6 Å². The van der Waals surface area contributed by atoms with Gasteiger partial charge in [-0.05, 0) is 35.4 Å². The molecule has 0 saturated heterocycles. The first-order chi connectivity index (χ1) is 8.59. The Bertz CT molecular complexity index is 533. The van der Waals surface area contributed by atoms with E-state index < -0.39 is 11.9 Å². The van der Waals surface area contributed by atoms with Gasteiger partial charge >= 0.3 is 0 Å². The fraction of sp³-hybridized carbons (Fsp3) is 0.214. The summed E-state index contributed by atoms with van der Waals surface area (Å²) in [4.78, 5) is 3.93. The third-order valence-corrected chi connectivity index (χ3v) is 3.28. The number of aliphatic hydroxyl groups is 1. The Balaban J connectivity index is 2.25. The van der Waals surface area contributed by atoms with Crippen LogP contribution in [0.25, 0.3) is 0 Å². The number of pyridine rings is 1. The number of benzene rings is 1. The van der Waals surface area contributed by atoms with Crippen LogP contribution >= 0.6 is 11.6 Å². The molecule has 1 N–H and O–H groups in total. The summed E-state index contributed by atoms with van der Waals surface area (Å²) in [6, 6.07) is 7.96. The molecule has 0 bridgehead atoms. The summed E-state index contributed by atoms with van der Waals surface area (Å²) >= 11 is 5.71. The Labute approximate surface area is 110 Å². The normalized spacial score (nSPS) is 14.2. The van der Waals surface area contributed by atoms with E-state index in [1.807, 2.05) is 19.1 Å². The minimum atomic E-state index is -0.731. The molecule has 1 aromatic carbocycles.